The fraction of sp³-hybridized carbons (Fsp3) is 0.195. The van der Waals surface area contributed by atoms with Gasteiger partial charge >= 0.3 is 0 Å². The van der Waals surface area contributed by atoms with Gasteiger partial charge < -0.3 is 18.6 Å². The third-order valence-corrected chi connectivity index (χ3v) is 18.5. The van der Waals surface area contributed by atoms with Crippen molar-refractivity contribution in [2.24, 2.45) is 0 Å². The van der Waals surface area contributed by atoms with Crippen molar-refractivity contribution in [1.29, 1.82) is 0 Å². The number of nitrogens with zero attached hydrogens (tertiary/aromatic N) is 2. The fourth-order valence-electron chi connectivity index (χ4n) is 14.0. The van der Waals surface area contributed by atoms with Crippen LogP contribution in [-0.2, 0) is 10.8 Å². The molecule has 0 saturated heterocycles. The Kier molecular flexibility index (Phi) is 10.8. The maximum Gasteiger partial charge on any atom is 0.142 e. The number of hydrogen-bond acceptors (Lipinski definition) is 4. The fourth-order valence-corrected chi connectivity index (χ4v) is 14.0. The van der Waals surface area contributed by atoms with Crippen molar-refractivity contribution in [3.05, 3.63) is 239 Å². The summed E-state index contributed by atoms with van der Waals surface area (Å²) < 4.78 is 14.1. The van der Waals surface area contributed by atoms with Crippen LogP contribution in [0.5, 0.6) is 0 Å². The molecule has 2 aliphatic rings. The van der Waals surface area contributed by atoms with Gasteiger partial charge in [-0.25, -0.2) is 0 Å². The minimum Gasteiger partial charge on any atom is -0.456 e. The predicted octanol–water partition coefficient (Wildman–Crippen LogP) is 22.7. The molecule has 0 spiro atoms. The first kappa shape index (κ1) is 49.2. The number of anilines is 6. The quantitative estimate of drug-likeness (QED) is 0.144. The van der Waals surface area contributed by atoms with Crippen molar-refractivity contribution in [3.63, 3.8) is 0 Å². The average Bonchev–Trinajstić information content (AvgIpc) is 4.21. The van der Waals surface area contributed by atoms with Crippen molar-refractivity contribution in [3.8, 4) is 22.3 Å². The third kappa shape index (κ3) is 7.49. The van der Waals surface area contributed by atoms with Gasteiger partial charge in [0.15, 0.2) is 0 Å². The SMILES string of the molecule is CC(C)c1ccc(N(c2ccc3c(c2)-c2ccccc2C3(C)C)c2ccc3cc4c(cc3c2)oc2c(C(C)C)c3oc5cc6cc(N(c7ccc(C(C)C)cc7)c7ccc8c(c7)-c7ccccc7C8(C)C)ccc6cc5c3cc24)cc1. The van der Waals surface area contributed by atoms with E-state index in [9.17, 15) is 0 Å². The molecular weight excluding hydrogens is 985 g/mol. The lowest BCUT2D eigenvalue weighted by molar-refractivity contribution is 0.638. The Morgan fingerprint density at radius 3 is 1.09 bits per heavy atom. The Balaban J connectivity index is 0.840. The van der Waals surface area contributed by atoms with E-state index in [0.29, 0.717) is 11.8 Å². The summed E-state index contributed by atoms with van der Waals surface area (Å²) in [5.41, 5.74) is 24.6. The zero-order valence-corrected chi connectivity index (χ0v) is 48.0. The topological polar surface area (TPSA) is 32.8 Å². The van der Waals surface area contributed by atoms with E-state index in [2.05, 4.69) is 279 Å². The van der Waals surface area contributed by atoms with Crippen molar-refractivity contribution in [2.75, 3.05) is 9.80 Å². The first-order valence-electron chi connectivity index (χ1n) is 29.1. The number of fused-ring (bicyclic) bond motifs is 14. The van der Waals surface area contributed by atoms with Crippen LogP contribution in [0.25, 0.3) is 87.7 Å². The molecule has 2 aromatic heterocycles. The van der Waals surface area contributed by atoms with Crippen LogP contribution >= 0.6 is 0 Å². The highest BCUT2D eigenvalue weighted by Crippen LogP contribution is 2.53. The van der Waals surface area contributed by atoms with Crippen LogP contribution in [0.4, 0.5) is 34.1 Å². The lowest BCUT2D eigenvalue weighted by Gasteiger charge is -2.27. The molecule has 11 aromatic carbocycles. The molecule has 0 saturated carbocycles. The minimum atomic E-state index is -0.0691. The molecule has 0 bridgehead atoms. The molecule has 4 nitrogen and oxygen atoms in total. The molecule has 0 unspecified atom stereocenters. The maximum absolute atomic E-state index is 7.07. The van der Waals surface area contributed by atoms with Crippen LogP contribution in [-0.4, -0.2) is 0 Å². The second-order valence-electron chi connectivity index (χ2n) is 25.1. The van der Waals surface area contributed by atoms with Gasteiger partial charge in [-0.3, -0.25) is 0 Å². The van der Waals surface area contributed by atoms with Gasteiger partial charge in [-0.15, -0.1) is 0 Å². The van der Waals surface area contributed by atoms with E-state index in [1.54, 1.807) is 0 Å². The van der Waals surface area contributed by atoms with E-state index in [-0.39, 0.29) is 16.7 Å². The van der Waals surface area contributed by atoms with Crippen LogP contribution in [0.15, 0.2) is 209 Å². The Morgan fingerprint density at radius 1 is 0.309 bits per heavy atom. The summed E-state index contributed by atoms with van der Waals surface area (Å²) in [5, 5.41) is 9.01. The molecule has 2 heterocycles. The number of benzene rings is 11. The van der Waals surface area contributed by atoms with Gasteiger partial charge in [-0.05, 0) is 198 Å². The van der Waals surface area contributed by atoms with E-state index >= 15 is 0 Å². The number of rotatable bonds is 9. The van der Waals surface area contributed by atoms with Crippen LogP contribution in [0.1, 0.15) is 126 Å². The van der Waals surface area contributed by atoms with Crippen molar-refractivity contribution in [2.45, 2.75) is 97.8 Å². The zero-order chi connectivity index (χ0) is 55.4. The monoisotopic (exact) mass is 1050 g/mol. The van der Waals surface area contributed by atoms with Gasteiger partial charge in [0, 0.05) is 72.1 Å². The first-order chi connectivity index (χ1) is 39.1. The molecule has 0 atom stereocenters. The van der Waals surface area contributed by atoms with E-state index < -0.39 is 0 Å². The third-order valence-electron chi connectivity index (χ3n) is 18.5. The highest BCUT2D eigenvalue weighted by molar-refractivity contribution is 6.20. The van der Waals surface area contributed by atoms with Gasteiger partial charge in [0.1, 0.15) is 22.3 Å². The summed E-state index contributed by atoms with van der Waals surface area (Å²) in [7, 11) is 0. The normalized spacial score (nSPS) is 14.1. The minimum absolute atomic E-state index is 0.0691. The average molecular weight is 1050 g/mol. The van der Waals surface area contributed by atoms with Crippen molar-refractivity contribution < 1.29 is 8.83 Å². The summed E-state index contributed by atoms with van der Waals surface area (Å²) in [5.74, 6) is 1.02. The molecule has 0 fully saturated rings. The van der Waals surface area contributed by atoms with E-state index in [1.807, 2.05) is 0 Å². The second kappa shape index (κ2) is 17.8. The molecule has 15 rings (SSSR count). The largest absolute Gasteiger partial charge is 0.456 e. The molecule has 4 heteroatoms. The second-order valence-corrected chi connectivity index (χ2v) is 25.1. The molecule has 81 heavy (non-hydrogen) atoms. The van der Waals surface area contributed by atoms with Gasteiger partial charge in [0.25, 0.3) is 0 Å². The van der Waals surface area contributed by atoms with E-state index in [0.717, 1.165) is 105 Å². The highest BCUT2D eigenvalue weighted by atomic mass is 16.3. The molecule has 2 aliphatic carbocycles. The highest BCUT2D eigenvalue weighted by Gasteiger charge is 2.37. The molecule has 0 N–H and O–H groups in total. The smallest absolute Gasteiger partial charge is 0.142 e. The lowest BCUT2D eigenvalue weighted by Crippen LogP contribution is -2.15. The molecular formula is C77H66N2O2. The Morgan fingerprint density at radius 2 is 0.679 bits per heavy atom. The Bertz CT molecular complexity index is 4440. The van der Waals surface area contributed by atoms with E-state index in [4.69, 9.17) is 8.83 Å². The number of furan rings is 2. The van der Waals surface area contributed by atoms with Crippen LogP contribution < -0.4 is 9.80 Å². The zero-order valence-electron chi connectivity index (χ0n) is 48.0. The molecule has 0 aliphatic heterocycles. The molecule has 0 radical (unpaired) electrons. The summed E-state index contributed by atoms with van der Waals surface area (Å²) in [6.45, 7) is 22.9. The van der Waals surface area contributed by atoms with Crippen LogP contribution in [0, 0.1) is 0 Å². The van der Waals surface area contributed by atoms with Gasteiger partial charge in [0.05, 0.1) is 0 Å². The molecule has 13 aromatic rings. The van der Waals surface area contributed by atoms with Crippen LogP contribution in [0.2, 0.25) is 0 Å². The van der Waals surface area contributed by atoms with Gasteiger partial charge in [-0.1, -0.05) is 166 Å². The lowest BCUT2D eigenvalue weighted by atomic mass is 9.82. The number of hydrogen-bond donors (Lipinski definition) is 0. The standard InChI is InChI=1S/C77H66N2O2/c1-44(2)47-19-25-53(26-20-47)78(57-31-33-69-61(41-57)59-15-11-13-17-67(59)76(69,7)8)55-29-23-49-37-63-65-43-66-64-38-50-24-30-56(36-52(50)40-72(64)81-75(66)73(46(5)6)74(65)80-71(63)39-51(49)35-55)79(54-27-21-48(22-28-54)45(3)4)58-32-34-70-62(42-58)60-16-12-14-18-68(60)77(70,9)10/h11-46H,1-10H3. The first-order valence-corrected chi connectivity index (χ1v) is 29.1. The summed E-state index contributed by atoms with van der Waals surface area (Å²) in [6, 6.07) is 75.4. The Labute approximate surface area is 474 Å². The summed E-state index contributed by atoms with van der Waals surface area (Å²) in [6.07, 6.45) is 0. The van der Waals surface area contributed by atoms with Gasteiger partial charge in [-0.2, -0.15) is 0 Å². The Hall–Kier alpha value is -8.86. The summed E-state index contributed by atoms with van der Waals surface area (Å²) >= 11 is 0. The van der Waals surface area contributed by atoms with Crippen molar-refractivity contribution in [1.82, 2.24) is 0 Å². The molecule has 0 amide bonds. The summed E-state index contributed by atoms with van der Waals surface area (Å²) in [4.78, 5) is 4.83. The van der Waals surface area contributed by atoms with Crippen LogP contribution in [0.3, 0.4) is 0 Å². The molecule has 396 valence electrons. The van der Waals surface area contributed by atoms with Gasteiger partial charge in [0.2, 0.25) is 0 Å². The predicted molar refractivity (Wildman–Crippen MR) is 343 cm³/mol. The van der Waals surface area contributed by atoms with E-state index in [1.165, 1.54) is 55.6 Å². The van der Waals surface area contributed by atoms with Crippen molar-refractivity contribution >= 4 is 99.5 Å². The maximum atomic E-state index is 7.07.